The molecule has 0 spiro atoms. The van der Waals surface area contributed by atoms with Crippen LogP contribution in [0.4, 0.5) is 0 Å². The Hall–Kier alpha value is -0.610. The van der Waals surface area contributed by atoms with E-state index in [1.54, 1.807) is 0 Å². The van der Waals surface area contributed by atoms with Crippen molar-refractivity contribution in [2.24, 2.45) is 23.3 Å². The molecule has 2 atom stereocenters. The predicted molar refractivity (Wildman–Crippen MR) is 68.3 cm³/mol. The minimum absolute atomic E-state index is 0.320. The van der Waals surface area contributed by atoms with Crippen LogP contribution in [0, 0.1) is 11.8 Å². The van der Waals surface area contributed by atoms with Gasteiger partial charge in [-0.05, 0) is 44.1 Å². The van der Waals surface area contributed by atoms with Crippen LogP contribution in [-0.4, -0.2) is 36.0 Å². The van der Waals surface area contributed by atoms with Crippen LogP contribution in [0.2, 0.25) is 0 Å². The fraction of sp³-hybridized carbons (Fsp3) is 0.923. The molecule has 2 unspecified atom stereocenters. The van der Waals surface area contributed by atoms with Gasteiger partial charge in [0, 0.05) is 13.1 Å². The Morgan fingerprint density at radius 3 is 2.65 bits per heavy atom. The second-order valence-electron chi connectivity index (χ2n) is 5.86. The summed E-state index contributed by atoms with van der Waals surface area (Å²) in [6.07, 6.45) is 5.89. The van der Waals surface area contributed by atoms with Crippen molar-refractivity contribution in [3.8, 4) is 0 Å². The van der Waals surface area contributed by atoms with Crippen LogP contribution in [0.1, 0.15) is 39.0 Å². The lowest BCUT2D eigenvalue weighted by Gasteiger charge is -2.31. The van der Waals surface area contributed by atoms with Crippen molar-refractivity contribution < 1.29 is 4.79 Å². The monoisotopic (exact) mass is 239 g/mol. The van der Waals surface area contributed by atoms with E-state index in [1.165, 1.54) is 19.3 Å². The van der Waals surface area contributed by atoms with E-state index in [1.807, 2.05) is 0 Å². The molecule has 0 aromatic carbocycles. The van der Waals surface area contributed by atoms with Gasteiger partial charge in [-0.2, -0.15) is 0 Å². The summed E-state index contributed by atoms with van der Waals surface area (Å²) in [7, 11) is 0. The average Bonchev–Trinajstić information content (AvgIpc) is 3.03. The van der Waals surface area contributed by atoms with E-state index in [0.29, 0.717) is 12.5 Å². The highest BCUT2D eigenvalue weighted by molar-refractivity contribution is 5.85. The average molecular weight is 239 g/mol. The maximum atomic E-state index is 11.6. The molecule has 1 saturated heterocycles. The van der Waals surface area contributed by atoms with Crippen LogP contribution < -0.4 is 11.5 Å². The third-order valence-corrected chi connectivity index (χ3v) is 4.32. The summed E-state index contributed by atoms with van der Waals surface area (Å²) < 4.78 is 0. The van der Waals surface area contributed by atoms with Crippen LogP contribution in [0.5, 0.6) is 0 Å². The maximum Gasteiger partial charge on any atom is 0.239 e. The molecule has 4 nitrogen and oxygen atoms in total. The fourth-order valence-corrected chi connectivity index (χ4v) is 3.08. The van der Waals surface area contributed by atoms with Gasteiger partial charge in [0.05, 0.1) is 0 Å². The molecule has 4 heteroatoms. The zero-order valence-corrected chi connectivity index (χ0v) is 10.8. The summed E-state index contributed by atoms with van der Waals surface area (Å²) in [5.74, 6) is 0.792. The molecule has 2 rings (SSSR count). The lowest BCUT2D eigenvalue weighted by molar-refractivity contribution is -0.124. The van der Waals surface area contributed by atoms with Crippen LogP contribution >= 0.6 is 0 Å². The van der Waals surface area contributed by atoms with Crippen molar-refractivity contribution in [3.05, 3.63) is 0 Å². The predicted octanol–water partition coefficient (Wildman–Crippen LogP) is 0.701. The van der Waals surface area contributed by atoms with Crippen molar-refractivity contribution in [3.63, 3.8) is 0 Å². The van der Waals surface area contributed by atoms with Gasteiger partial charge in [-0.3, -0.25) is 4.79 Å². The zero-order chi connectivity index (χ0) is 12.5. The van der Waals surface area contributed by atoms with Gasteiger partial charge < -0.3 is 16.4 Å². The van der Waals surface area contributed by atoms with Crippen molar-refractivity contribution in [1.29, 1.82) is 0 Å². The van der Waals surface area contributed by atoms with Gasteiger partial charge in [-0.25, -0.2) is 0 Å². The molecule has 2 aliphatic rings. The molecule has 2 fully saturated rings. The van der Waals surface area contributed by atoms with E-state index in [2.05, 4.69) is 11.8 Å². The third kappa shape index (κ3) is 2.80. The smallest absolute Gasteiger partial charge is 0.239 e. The Kier molecular flexibility index (Phi) is 3.73. The van der Waals surface area contributed by atoms with Gasteiger partial charge in [-0.1, -0.05) is 13.3 Å². The molecule has 0 aromatic rings. The highest BCUT2D eigenvalue weighted by Gasteiger charge is 2.48. The van der Waals surface area contributed by atoms with Gasteiger partial charge in [0.15, 0.2) is 0 Å². The Labute approximate surface area is 104 Å². The number of carbonyl (C=O) groups excluding carboxylic acids is 1. The highest BCUT2D eigenvalue weighted by atomic mass is 16.1. The zero-order valence-electron chi connectivity index (χ0n) is 10.8. The van der Waals surface area contributed by atoms with Crippen LogP contribution in [-0.2, 0) is 4.79 Å². The summed E-state index contributed by atoms with van der Waals surface area (Å²) in [6.45, 7) is 5.05. The Morgan fingerprint density at radius 1 is 1.41 bits per heavy atom. The molecule has 1 aliphatic carbocycles. The third-order valence-electron chi connectivity index (χ3n) is 4.32. The lowest BCUT2D eigenvalue weighted by Crippen LogP contribution is -2.60. The summed E-state index contributed by atoms with van der Waals surface area (Å²) in [4.78, 5) is 13.9. The Bertz CT molecular complexity index is 290. The SMILES string of the molecule is CCCC1CCN(CC(N)(C(N)=O)C2CC2)C1. The summed E-state index contributed by atoms with van der Waals surface area (Å²) in [6, 6.07) is 0. The number of hydrogen-bond acceptors (Lipinski definition) is 3. The Balaban J connectivity index is 1.89. The first kappa shape index (κ1) is 12.8. The molecule has 1 saturated carbocycles. The number of nitrogens with zero attached hydrogens (tertiary/aromatic N) is 1. The van der Waals surface area contributed by atoms with Crippen molar-refractivity contribution in [2.45, 2.75) is 44.6 Å². The standard InChI is InChI=1S/C13H25N3O/c1-2-3-10-6-7-16(8-10)9-13(15,12(14)17)11-4-5-11/h10-11H,2-9,15H2,1H3,(H2,14,17). The van der Waals surface area contributed by atoms with E-state index >= 15 is 0 Å². The van der Waals surface area contributed by atoms with Crippen molar-refractivity contribution >= 4 is 5.91 Å². The van der Waals surface area contributed by atoms with Crippen LogP contribution in [0.3, 0.4) is 0 Å². The van der Waals surface area contributed by atoms with E-state index < -0.39 is 5.54 Å². The first-order valence-corrected chi connectivity index (χ1v) is 6.87. The van der Waals surface area contributed by atoms with Gasteiger partial charge in [0.25, 0.3) is 0 Å². The van der Waals surface area contributed by atoms with Crippen molar-refractivity contribution in [2.75, 3.05) is 19.6 Å². The lowest BCUT2D eigenvalue weighted by atomic mass is 9.93. The second-order valence-corrected chi connectivity index (χ2v) is 5.86. The van der Waals surface area contributed by atoms with Gasteiger partial charge >= 0.3 is 0 Å². The normalized spacial score (nSPS) is 29.2. The largest absolute Gasteiger partial charge is 0.368 e. The van der Waals surface area contributed by atoms with E-state index in [4.69, 9.17) is 11.5 Å². The molecular weight excluding hydrogens is 214 g/mol. The van der Waals surface area contributed by atoms with Crippen LogP contribution in [0.15, 0.2) is 0 Å². The van der Waals surface area contributed by atoms with E-state index in [9.17, 15) is 4.79 Å². The Morgan fingerprint density at radius 2 is 2.12 bits per heavy atom. The van der Waals surface area contributed by atoms with Crippen LogP contribution in [0.25, 0.3) is 0 Å². The number of likely N-dealkylation sites (tertiary alicyclic amines) is 1. The molecule has 1 amide bonds. The number of rotatable bonds is 6. The molecule has 17 heavy (non-hydrogen) atoms. The summed E-state index contributed by atoms with van der Waals surface area (Å²) in [5, 5.41) is 0. The maximum absolute atomic E-state index is 11.6. The molecule has 0 bridgehead atoms. The minimum Gasteiger partial charge on any atom is -0.368 e. The number of carbonyl (C=O) groups is 1. The molecule has 0 radical (unpaired) electrons. The fourth-order valence-electron chi connectivity index (χ4n) is 3.08. The second kappa shape index (κ2) is 4.94. The molecule has 4 N–H and O–H groups in total. The van der Waals surface area contributed by atoms with E-state index in [0.717, 1.165) is 31.8 Å². The first-order valence-electron chi connectivity index (χ1n) is 6.87. The van der Waals surface area contributed by atoms with Crippen molar-refractivity contribution in [1.82, 2.24) is 4.90 Å². The molecule has 1 aliphatic heterocycles. The summed E-state index contributed by atoms with van der Waals surface area (Å²) in [5.41, 5.74) is 10.9. The molecule has 0 aromatic heterocycles. The van der Waals surface area contributed by atoms with Gasteiger partial charge in [-0.15, -0.1) is 0 Å². The number of primary amides is 1. The first-order chi connectivity index (χ1) is 8.06. The molecule has 1 heterocycles. The highest BCUT2D eigenvalue weighted by Crippen LogP contribution is 2.39. The number of amides is 1. The topological polar surface area (TPSA) is 72.3 Å². The number of nitrogens with two attached hydrogens (primary N) is 2. The minimum atomic E-state index is -0.777. The van der Waals surface area contributed by atoms with Gasteiger partial charge in [0.1, 0.15) is 5.54 Å². The summed E-state index contributed by atoms with van der Waals surface area (Å²) >= 11 is 0. The quantitative estimate of drug-likeness (QED) is 0.716. The molecular formula is C13H25N3O. The molecule has 98 valence electrons. The number of hydrogen-bond donors (Lipinski definition) is 2. The van der Waals surface area contributed by atoms with E-state index in [-0.39, 0.29) is 5.91 Å². The van der Waals surface area contributed by atoms with Gasteiger partial charge in [0.2, 0.25) is 5.91 Å².